The standard InChI is InChI=1S/C30H30FN3O5S/c1-3-30(38)18-9-22-26-16(11-34(22)28(40)17(18)12-39-29(30)37)25-20(33-27(36)23(35)8-14-4-5-14)7-6-15-13(2)19(31)10-21(32-26)24(15)25/h9-10,14,20,23,35,38H,3-8,11-12H2,1-2H3,(H,33,36)/t20-,23-,30-/m0/s1. The first-order valence-corrected chi connectivity index (χ1v) is 14.3. The highest BCUT2D eigenvalue weighted by Crippen LogP contribution is 2.47. The van der Waals surface area contributed by atoms with E-state index in [1.807, 2.05) is 4.57 Å². The number of fused-ring (bicyclic) bond motifs is 5. The van der Waals surface area contributed by atoms with Crippen LogP contribution in [0.3, 0.4) is 0 Å². The second-order valence-electron chi connectivity index (χ2n) is 11.6. The van der Waals surface area contributed by atoms with Gasteiger partial charge in [-0.15, -0.1) is 0 Å². The van der Waals surface area contributed by atoms with Gasteiger partial charge in [0.05, 0.1) is 29.5 Å². The van der Waals surface area contributed by atoms with Crippen LogP contribution in [-0.2, 0) is 39.5 Å². The van der Waals surface area contributed by atoms with E-state index in [0.29, 0.717) is 70.0 Å². The number of ether oxygens (including phenoxy) is 1. The Morgan fingerprint density at radius 2 is 2.08 bits per heavy atom. The smallest absolute Gasteiger partial charge is 0.343 e. The molecule has 0 spiro atoms. The minimum absolute atomic E-state index is 0.0275. The lowest BCUT2D eigenvalue weighted by Gasteiger charge is -2.32. The van der Waals surface area contributed by atoms with Gasteiger partial charge in [-0.3, -0.25) is 4.79 Å². The summed E-state index contributed by atoms with van der Waals surface area (Å²) >= 11 is 5.86. The number of aliphatic hydroxyl groups is 2. The molecule has 40 heavy (non-hydrogen) atoms. The van der Waals surface area contributed by atoms with E-state index in [1.54, 1.807) is 19.9 Å². The van der Waals surface area contributed by atoms with Crippen LogP contribution in [0.1, 0.15) is 78.5 Å². The van der Waals surface area contributed by atoms with Crippen molar-refractivity contribution >= 4 is 35.0 Å². The van der Waals surface area contributed by atoms with Crippen molar-refractivity contribution in [3.8, 4) is 11.4 Å². The van der Waals surface area contributed by atoms with E-state index in [1.165, 1.54) is 6.07 Å². The fourth-order valence-electron chi connectivity index (χ4n) is 6.74. The Hall–Kier alpha value is -3.21. The summed E-state index contributed by atoms with van der Waals surface area (Å²) in [5, 5.41) is 25.8. The van der Waals surface area contributed by atoms with Gasteiger partial charge in [-0.2, -0.15) is 0 Å². The zero-order chi connectivity index (χ0) is 28.1. The second-order valence-corrected chi connectivity index (χ2v) is 12.0. The molecule has 3 atom stereocenters. The number of carbonyl (C=O) groups is 2. The summed E-state index contributed by atoms with van der Waals surface area (Å²) in [7, 11) is 0. The number of nitrogens with one attached hydrogen (secondary N) is 1. The molecule has 1 amide bonds. The van der Waals surface area contributed by atoms with Gasteiger partial charge < -0.3 is 24.8 Å². The Bertz CT molecular complexity index is 1710. The van der Waals surface area contributed by atoms with Crippen molar-refractivity contribution in [3.63, 3.8) is 0 Å². The average Bonchev–Trinajstić information content (AvgIpc) is 3.68. The van der Waals surface area contributed by atoms with Crippen LogP contribution in [-0.4, -0.2) is 37.7 Å². The van der Waals surface area contributed by atoms with Gasteiger partial charge in [-0.25, -0.2) is 14.2 Å². The normalized spacial score (nSPS) is 23.3. The van der Waals surface area contributed by atoms with Gasteiger partial charge in [-0.1, -0.05) is 32.0 Å². The van der Waals surface area contributed by atoms with Crippen molar-refractivity contribution in [2.24, 2.45) is 5.92 Å². The highest BCUT2D eigenvalue weighted by Gasteiger charge is 2.45. The van der Waals surface area contributed by atoms with E-state index >= 15 is 4.39 Å². The maximum absolute atomic E-state index is 15.1. The van der Waals surface area contributed by atoms with Crippen LogP contribution < -0.4 is 5.32 Å². The van der Waals surface area contributed by atoms with Crippen molar-refractivity contribution in [1.82, 2.24) is 14.9 Å². The molecule has 1 aromatic carbocycles. The maximum atomic E-state index is 15.1. The van der Waals surface area contributed by atoms with Crippen LogP contribution in [0.2, 0.25) is 0 Å². The van der Waals surface area contributed by atoms with E-state index in [-0.39, 0.29) is 18.8 Å². The third-order valence-corrected chi connectivity index (χ3v) is 9.72. The number of carbonyl (C=O) groups excluding carboxylic acids is 2. The zero-order valence-corrected chi connectivity index (χ0v) is 23.2. The van der Waals surface area contributed by atoms with Gasteiger partial charge in [0.15, 0.2) is 5.60 Å². The average molecular weight is 564 g/mol. The molecule has 7 rings (SSSR count). The third-order valence-electron chi connectivity index (χ3n) is 9.25. The minimum atomic E-state index is -1.82. The highest BCUT2D eigenvalue weighted by molar-refractivity contribution is 7.71. The molecule has 0 bridgehead atoms. The number of hydrogen-bond acceptors (Lipinski definition) is 7. The SMILES string of the molecule is CC[C@@]1(O)C(=O)OCc2c1cc1n(c2=S)Cc2c-1nc1cc(F)c(C)c3c1c2[C@@H](NC(=O)[C@@H](O)CC1CC1)CC3. The van der Waals surface area contributed by atoms with E-state index in [2.05, 4.69) is 5.32 Å². The Morgan fingerprint density at radius 3 is 2.80 bits per heavy atom. The lowest BCUT2D eigenvalue weighted by molar-refractivity contribution is -0.172. The number of aliphatic hydroxyl groups excluding tert-OH is 1. The number of cyclic esters (lactones) is 1. The second kappa shape index (κ2) is 8.89. The summed E-state index contributed by atoms with van der Waals surface area (Å²) in [4.78, 5) is 30.6. The highest BCUT2D eigenvalue weighted by atomic mass is 32.1. The molecule has 0 unspecified atom stereocenters. The number of amides is 1. The van der Waals surface area contributed by atoms with Crippen LogP contribution in [0.5, 0.6) is 0 Å². The molecule has 10 heteroatoms. The molecule has 4 heterocycles. The minimum Gasteiger partial charge on any atom is -0.458 e. The fourth-order valence-corrected chi connectivity index (χ4v) is 7.08. The lowest BCUT2D eigenvalue weighted by atomic mass is 9.81. The van der Waals surface area contributed by atoms with E-state index in [9.17, 15) is 19.8 Å². The predicted octanol–water partition coefficient (Wildman–Crippen LogP) is 4.16. The zero-order valence-electron chi connectivity index (χ0n) is 22.3. The summed E-state index contributed by atoms with van der Waals surface area (Å²) in [5.41, 5.74) is 4.05. The molecule has 4 aliphatic rings. The van der Waals surface area contributed by atoms with Crippen LogP contribution >= 0.6 is 12.2 Å². The molecular formula is C30H30FN3O5S. The molecule has 1 fully saturated rings. The summed E-state index contributed by atoms with van der Waals surface area (Å²) in [6.07, 6.45) is 2.70. The number of aryl methyl sites for hydroxylation is 1. The topological polar surface area (TPSA) is 114 Å². The van der Waals surface area contributed by atoms with Gasteiger partial charge in [-0.05, 0) is 61.3 Å². The van der Waals surface area contributed by atoms with Crippen molar-refractivity contribution in [2.75, 3.05) is 0 Å². The van der Waals surface area contributed by atoms with E-state index in [4.69, 9.17) is 21.9 Å². The molecule has 3 aromatic rings. The van der Waals surface area contributed by atoms with Crippen molar-refractivity contribution in [2.45, 2.75) is 83.3 Å². The first kappa shape index (κ1) is 25.7. The molecule has 8 nitrogen and oxygen atoms in total. The molecule has 1 saturated carbocycles. The summed E-state index contributed by atoms with van der Waals surface area (Å²) in [6.45, 7) is 3.82. The van der Waals surface area contributed by atoms with Crippen molar-refractivity contribution < 1.29 is 28.9 Å². The van der Waals surface area contributed by atoms with Crippen molar-refractivity contribution in [3.05, 3.63) is 56.0 Å². The number of nitrogens with zero attached hydrogens (tertiary/aromatic N) is 2. The molecule has 2 aliphatic carbocycles. The third kappa shape index (κ3) is 3.62. The molecule has 3 N–H and O–H groups in total. The molecule has 2 aliphatic heterocycles. The van der Waals surface area contributed by atoms with Crippen LogP contribution in [0.25, 0.3) is 22.3 Å². The first-order chi connectivity index (χ1) is 19.1. The Kier molecular flexibility index (Phi) is 5.72. The fraction of sp³-hybridized carbons (Fsp3) is 0.467. The Balaban J connectivity index is 1.42. The van der Waals surface area contributed by atoms with Crippen LogP contribution in [0.15, 0.2) is 12.1 Å². The van der Waals surface area contributed by atoms with E-state index < -0.39 is 29.6 Å². The maximum Gasteiger partial charge on any atom is 0.343 e. The van der Waals surface area contributed by atoms with Gasteiger partial charge in [0.2, 0.25) is 5.91 Å². The van der Waals surface area contributed by atoms with Crippen LogP contribution in [0.4, 0.5) is 4.39 Å². The summed E-state index contributed by atoms with van der Waals surface area (Å²) in [6, 6.07) is 2.79. The van der Waals surface area contributed by atoms with E-state index in [0.717, 1.165) is 34.9 Å². The first-order valence-electron chi connectivity index (χ1n) is 13.9. The van der Waals surface area contributed by atoms with Crippen LogP contribution in [0, 0.1) is 23.3 Å². The molecule has 208 valence electrons. The number of aromatic nitrogens is 2. The summed E-state index contributed by atoms with van der Waals surface area (Å²) in [5.74, 6) is -1.05. The van der Waals surface area contributed by atoms with Gasteiger partial charge in [0.1, 0.15) is 23.2 Å². The molecule has 2 aromatic heterocycles. The molecule has 0 saturated heterocycles. The lowest BCUT2D eigenvalue weighted by Crippen LogP contribution is -2.41. The summed E-state index contributed by atoms with van der Waals surface area (Å²) < 4.78 is 22.7. The van der Waals surface area contributed by atoms with Crippen molar-refractivity contribution in [1.29, 1.82) is 0 Å². The Morgan fingerprint density at radius 1 is 1.30 bits per heavy atom. The Labute approximate surface area is 235 Å². The number of pyridine rings is 2. The number of hydrogen-bond donors (Lipinski definition) is 3. The number of halogens is 1. The number of esters is 1. The molecule has 0 radical (unpaired) electrons. The number of rotatable bonds is 5. The largest absolute Gasteiger partial charge is 0.458 e. The van der Waals surface area contributed by atoms with Gasteiger partial charge >= 0.3 is 5.97 Å². The molecular weight excluding hydrogens is 533 g/mol. The van der Waals surface area contributed by atoms with Gasteiger partial charge in [0.25, 0.3) is 0 Å². The van der Waals surface area contributed by atoms with Gasteiger partial charge in [0, 0.05) is 28.1 Å². The quantitative estimate of drug-likeness (QED) is 0.247. The monoisotopic (exact) mass is 563 g/mol. The predicted molar refractivity (Wildman–Crippen MR) is 146 cm³/mol. The number of benzene rings is 1.